The molecular formula is C15H10Cl2N2O3S. The molecule has 118 valence electrons. The van der Waals surface area contributed by atoms with Gasteiger partial charge in [-0.2, -0.15) is 0 Å². The monoisotopic (exact) mass is 368 g/mol. The first-order valence-corrected chi connectivity index (χ1v) is 9.25. The zero-order valence-electron chi connectivity index (χ0n) is 11.7. The number of nitrogens with zero attached hydrogens (tertiary/aromatic N) is 2. The van der Waals surface area contributed by atoms with Gasteiger partial charge < -0.3 is 9.64 Å². The van der Waals surface area contributed by atoms with E-state index in [0.29, 0.717) is 41.0 Å². The predicted octanol–water partition coefficient (Wildman–Crippen LogP) is 4.35. The average molecular weight is 369 g/mol. The molecule has 1 aliphatic rings. The van der Waals surface area contributed by atoms with Gasteiger partial charge in [-0.3, -0.25) is 0 Å². The molecule has 2 aromatic rings. The van der Waals surface area contributed by atoms with Gasteiger partial charge in [0.2, 0.25) is 5.69 Å². The highest BCUT2D eigenvalue weighted by molar-refractivity contribution is 8.13. The molecule has 0 aliphatic carbocycles. The predicted molar refractivity (Wildman–Crippen MR) is 89.7 cm³/mol. The highest BCUT2D eigenvalue weighted by Gasteiger charge is 2.24. The fourth-order valence-electron chi connectivity index (χ4n) is 2.42. The summed E-state index contributed by atoms with van der Waals surface area (Å²) in [6.45, 7) is 8.20. The minimum atomic E-state index is -3.83. The second kappa shape index (κ2) is 5.93. The minimum absolute atomic E-state index is 0.0266. The second-order valence-corrected chi connectivity index (χ2v) is 7.81. The Kier molecular flexibility index (Phi) is 4.11. The average Bonchev–Trinajstić information content (AvgIpc) is 2.53. The number of hydrogen-bond acceptors (Lipinski definition) is 4. The Labute approximate surface area is 143 Å². The van der Waals surface area contributed by atoms with Crippen LogP contribution in [0.3, 0.4) is 0 Å². The first-order chi connectivity index (χ1) is 10.9. The van der Waals surface area contributed by atoms with Gasteiger partial charge in [-0.1, -0.05) is 11.6 Å². The number of fused-ring (bicyclic) bond motifs is 1. The van der Waals surface area contributed by atoms with E-state index in [1.807, 2.05) is 4.90 Å². The second-order valence-electron chi connectivity index (χ2n) is 4.81. The van der Waals surface area contributed by atoms with E-state index >= 15 is 0 Å². The van der Waals surface area contributed by atoms with Crippen LogP contribution in [0, 0.1) is 6.57 Å². The zero-order chi connectivity index (χ0) is 16.6. The van der Waals surface area contributed by atoms with Crippen molar-refractivity contribution in [3.63, 3.8) is 0 Å². The van der Waals surface area contributed by atoms with Crippen molar-refractivity contribution in [2.75, 3.05) is 18.1 Å². The van der Waals surface area contributed by atoms with Gasteiger partial charge in [-0.25, -0.2) is 13.3 Å². The summed E-state index contributed by atoms with van der Waals surface area (Å²) in [5.41, 5.74) is 1.78. The Morgan fingerprint density at radius 2 is 1.91 bits per heavy atom. The third-order valence-corrected chi connectivity index (χ3v) is 5.01. The van der Waals surface area contributed by atoms with E-state index in [9.17, 15) is 8.42 Å². The van der Waals surface area contributed by atoms with E-state index in [0.717, 1.165) is 0 Å². The SMILES string of the molecule is [C-]#[N+]c1cc(Cl)ccc1N1CCOc2cc(S(=O)(=O)Cl)ccc21. The Hall–Kier alpha value is -1.94. The molecule has 0 fully saturated rings. The van der Waals surface area contributed by atoms with Gasteiger partial charge >= 0.3 is 0 Å². The van der Waals surface area contributed by atoms with Gasteiger partial charge in [0.05, 0.1) is 23.7 Å². The van der Waals surface area contributed by atoms with Crippen LogP contribution in [0.1, 0.15) is 0 Å². The maximum Gasteiger partial charge on any atom is 0.261 e. The van der Waals surface area contributed by atoms with Crippen molar-refractivity contribution in [2.24, 2.45) is 0 Å². The molecule has 0 N–H and O–H groups in total. The number of ether oxygens (including phenoxy) is 1. The van der Waals surface area contributed by atoms with Crippen LogP contribution in [0.25, 0.3) is 4.85 Å². The molecule has 23 heavy (non-hydrogen) atoms. The summed E-state index contributed by atoms with van der Waals surface area (Å²) in [7, 11) is 1.54. The summed E-state index contributed by atoms with van der Waals surface area (Å²) >= 11 is 5.94. The Morgan fingerprint density at radius 3 is 2.61 bits per heavy atom. The normalized spacial score (nSPS) is 13.9. The molecule has 0 saturated heterocycles. The van der Waals surface area contributed by atoms with Crippen molar-refractivity contribution in [2.45, 2.75) is 4.90 Å². The van der Waals surface area contributed by atoms with Crippen LogP contribution in [-0.2, 0) is 9.05 Å². The largest absolute Gasteiger partial charge is 0.489 e. The number of rotatable bonds is 2. The lowest BCUT2D eigenvalue weighted by atomic mass is 10.2. The van der Waals surface area contributed by atoms with Gasteiger partial charge in [-0.15, -0.1) is 0 Å². The summed E-state index contributed by atoms with van der Waals surface area (Å²) in [4.78, 5) is 5.37. The van der Waals surface area contributed by atoms with Gasteiger partial charge in [-0.05, 0) is 30.3 Å². The first kappa shape index (κ1) is 15.9. The number of hydrogen-bond donors (Lipinski definition) is 0. The molecule has 1 aliphatic heterocycles. The van der Waals surface area contributed by atoms with Crippen LogP contribution >= 0.6 is 22.3 Å². The Morgan fingerprint density at radius 1 is 1.17 bits per heavy atom. The standard InChI is InChI=1S/C15H10Cl2N2O3S/c1-18-12-8-10(16)2-4-13(12)19-6-7-22-15-9-11(23(17,20)21)3-5-14(15)19/h2-5,8-9H,6-7H2. The summed E-state index contributed by atoms with van der Waals surface area (Å²) in [5.74, 6) is 0.406. The van der Waals surface area contributed by atoms with Crippen molar-refractivity contribution in [1.29, 1.82) is 0 Å². The topological polar surface area (TPSA) is 51.0 Å². The molecule has 3 rings (SSSR count). The van der Waals surface area contributed by atoms with Crippen LogP contribution in [0.2, 0.25) is 5.02 Å². The number of halogens is 2. The lowest BCUT2D eigenvalue weighted by molar-refractivity contribution is 0.313. The molecule has 0 aromatic heterocycles. The molecule has 2 aromatic carbocycles. The molecule has 0 unspecified atom stereocenters. The molecule has 0 amide bonds. The molecule has 8 heteroatoms. The van der Waals surface area contributed by atoms with E-state index in [-0.39, 0.29) is 4.90 Å². The van der Waals surface area contributed by atoms with Crippen LogP contribution in [0.5, 0.6) is 5.75 Å². The molecule has 0 bridgehead atoms. The van der Waals surface area contributed by atoms with Gasteiger partial charge in [0.15, 0.2) is 0 Å². The molecule has 0 atom stereocenters. The first-order valence-electron chi connectivity index (χ1n) is 6.56. The highest BCUT2D eigenvalue weighted by Crippen LogP contribution is 2.42. The van der Waals surface area contributed by atoms with Crippen molar-refractivity contribution < 1.29 is 13.2 Å². The Bertz CT molecular complexity index is 923. The van der Waals surface area contributed by atoms with Crippen molar-refractivity contribution in [3.05, 3.63) is 52.8 Å². The summed E-state index contributed by atoms with van der Waals surface area (Å²) < 4.78 is 28.4. The van der Waals surface area contributed by atoms with Crippen LogP contribution in [-0.4, -0.2) is 21.6 Å². The smallest absolute Gasteiger partial charge is 0.261 e. The van der Waals surface area contributed by atoms with E-state index < -0.39 is 9.05 Å². The fourth-order valence-corrected chi connectivity index (χ4v) is 3.35. The van der Waals surface area contributed by atoms with Crippen molar-refractivity contribution in [3.8, 4) is 5.75 Å². The van der Waals surface area contributed by atoms with Gasteiger partial charge in [0.1, 0.15) is 12.4 Å². The maximum absolute atomic E-state index is 11.4. The van der Waals surface area contributed by atoms with Crippen molar-refractivity contribution >= 4 is 48.4 Å². The summed E-state index contributed by atoms with van der Waals surface area (Å²) in [5, 5.41) is 0.483. The van der Waals surface area contributed by atoms with E-state index in [1.54, 1.807) is 24.3 Å². The molecule has 1 heterocycles. The minimum Gasteiger partial charge on any atom is -0.489 e. The lowest BCUT2D eigenvalue weighted by Gasteiger charge is -2.32. The van der Waals surface area contributed by atoms with Crippen LogP contribution in [0.15, 0.2) is 41.3 Å². The van der Waals surface area contributed by atoms with Crippen LogP contribution in [0.4, 0.5) is 17.1 Å². The van der Waals surface area contributed by atoms with Crippen LogP contribution < -0.4 is 9.64 Å². The molecule has 0 saturated carbocycles. The summed E-state index contributed by atoms with van der Waals surface area (Å²) in [6, 6.07) is 9.48. The molecule has 0 radical (unpaired) electrons. The quantitative estimate of drug-likeness (QED) is 0.584. The van der Waals surface area contributed by atoms with E-state index in [1.165, 1.54) is 12.1 Å². The highest BCUT2D eigenvalue weighted by atomic mass is 35.7. The molecule has 0 spiro atoms. The van der Waals surface area contributed by atoms with Gasteiger partial charge in [0, 0.05) is 27.5 Å². The maximum atomic E-state index is 11.4. The van der Waals surface area contributed by atoms with E-state index in [2.05, 4.69) is 4.85 Å². The third kappa shape index (κ3) is 3.08. The fraction of sp³-hybridized carbons (Fsp3) is 0.133. The summed E-state index contributed by atoms with van der Waals surface area (Å²) in [6.07, 6.45) is 0. The number of anilines is 2. The molecule has 5 nitrogen and oxygen atoms in total. The lowest BCUT2D eigenvalue weighted by Crippen LogP contribution is -2.28. The van der Waals surface area contributed by atoms with Crippen molar-refractivity contribution in [1.82, 2.24) is 0 Å². The third-order valence-electron chi connectivity index (χ3n) is 3.42. The zero-order valence-corrected chi connectivity index (χ0v) is 14.0. The Balaban J connectivity index is 2.12. The number of benzene rings is 2. The molecular weight excluding hydrogens is 359 g/mol. The van der Waals surface area contributed by atoms with E-state index in [4.69, 9.17) is 33.6 Å². The van der Waals surface area contributed by atoms with Gasteiger partial charge in [0.25, 0.3) is 9.05 Å².